The average molecular weight is 404 g/mol. The van der Waals surface area contributed by atoms with Gasteiger partial charge in [0.05, 0.1) is 18.8 Å². The zero-order valence-electron chi connectivity index (χ0n) is 17.3. The summed E-state index contributed by atoms with van der Waals surface area (Å²) < 4.78 is 15.8. The minimum absolute atomic E-state index is 0.0561. The van der Waals surface area contributed by atoms with Crippen molar-refractivity contribution in [1.29, 1.82) is 0 Å². The van der Waals surface area contributed by atoms with Gasteiger partial charge in [0.15, 0.2) is 0 Å². The van der Waals surface area contributed by atoms with Gasteiger partial charge in [-0.1, -0.05) is 30.9 Å². The first-order valence-corrected chi connectivity index (χ1v) is 9.36. The molecule has 0 aliphatic rings. The summed E-state index contributed by atoms with van der Waals surface area (Å²) in [6.45, 7) is 9.66. The lowest BCUT2D eigenvalue weighted by Gasteiger charge is -2.27. The van der Waals surface area contributed by atoms with Crippen molar-refractivity contribution in [2.75, 3.05) is 19.8 Å². The monoisotopic (exact) mass is 404 g/mol. The number of benzene rings is 1. The Balaban J connectivity index is 3.76. The van der Waals surface area contributed by atoms with E-state index in [1.165, 1.54) is 13.8 Å². The minimum Gasteiger partial charge on any atom is -0.512 e. The van der Waals surface area contributed by atoms with Gasteiger partial charge in [-0.2, -0.15) is 0 Å². The molecule has 0 heterocycles. The zero-order valence-corrected chi connectivity index (χ0v) is 17.3. The van der Waals surface area contributed by atoms with Gasteiger partial charge in [0.25, 0.3) is 0 Å². The van der Waals surface area contributed by atoms with E-state index < -0.39 is 29.6 Å². The summed E-state index contributed by atoms with van der Waals surface area (Å²) in [5.41, 5.74) is 0.175. The van der Waals surface area contributed by atoms with Crippen molar-refractivity contribution in [2.45, 2.75) is 33.6 Å². The van der Waals surface area contributed by atoms with Gasteiger partial charge in [0.2, 0.25) is 0 Å². The second-order valence-electron chi connectivity index (χ2n) is 6.18. The number of para-hydroxylation sites is 1. The first kappa shape index (κ1) is 23.9. The summed E-state index contributed by atoms with van der Waals surface area (Å²) in [4.78, 5) is 37.8. The van der Waals surface area contributed by atoms with Crippen molar-refractivity contribution < 1.29 is 33.7 Å². The highest BCUT2D eigenvalue weighted by Gasteiger charge is 2.42. The molecule has 0 bridgehead atoms. The Kier molecular flexibility index (Phi) is 9.65. The number of esters is 2. The lowest BCUT2D eigenvalue weighted by atomic mass is 9.77. The minimum atomic E-state index is -1.37. The molecule has 1 aromatic carbocycles. The van der Waals surface area contributed by atoms with Gasteiger partial charge < -0.3 is 19.3 Å². The lowest BCUT2D eigenvalue weighted by molar-refractivity contribution is -0.152. The van der Waals surface area contributed by atoms with E-state index in [1.807, 2.05) is 0 Å². The Morgan fingerprint density at radius 2 is 1.72 bits per heavy atom. The van der Waals surface area contributed by atoms with Crippen molar-refractivity contribution in [3.63, 3.8) is 0 Å². The number of ketones is 1. The van der Waals surface area contributed by atoms with Crippen LogP contribution in [0.2, 0.25) is 0 Å². The molecule has 158 valence electrons. The molecule has 0 fully saturated rings. The Labute approximate surface area is 171 Å². The van der Waals surface area contributed by atoms with Gasteiger partial charge in [0, 0.05) is 11.5 Å². The van der Waals surface area contributed by atoms with Crippen molar-refractivity contribution in [3.05, 3.63) is 53.8 Å². The Hall–Kier alpha value is -3.09. The van der Waals surface area contributed by atoms with E-state index in [0.717, 1.165) is 0 Å². The summed E-state index contributed by atoms with van der Waals surface area (Å²) in [5, 5.41) is 10.3. The molecule has 0 aromatic heterocycles. The molecule has 0 saturated carbocycles. The number of rotatable bonds is 11. The third-order valence-corrected chi connectivity index (χ3v) is 4.12. The molecule has 1 rings (SSSR count). The molecule has 0 aliphatic heterocycles. The van der Waals surface area contributed by atoms with Crippen LogP contribution in [0.4, 0.5) is 0 Å². The summed E-state index contributed by atoms with van der Waals surface area (Å²) >= 11 is 0. The van der Waals surface area contributed by atoms with Gasteiger partial charge in [-0.15, -0.1) is 0 Å². The van der Waals surface area contributed by atoms with E-state index in [-0.39, 0.29) is 31.2 Å². The first-order valence-electron chi connectivity index (χ1n) is 9.36. The Bertz CT molecular complexity index is 775. The maximum atomic E-state index is 12.7. The number of aliphatic hydroxyl groups is 1. The predicted octanol–water partition coefficient (Wildman–Crippen LogP) is 3.50. The second-order valence-corrected chi connectivity index (χ2v) is 6.18. The molecule has 29 heavy (non-hydrogen) atoms. The van der Waals surface area contributed by atoms with Crippen LogP contribution in [-0.2, 0) is 23.9 Å². The highest BCUT2D eigenvalue weighted by atomic mass is 16.5. The van der Waals surface area contributed by atoms with Gasteiger partial charge in [-0.3, -0.25) is 9.59 Å². The van der Waals surface area contributed by atoms with Crippen molar-refractivity contribution in [3.8, 4) is 5.75 Å². The maximum absolute atomic E-state index is 12.7. The van der Waals surface area contributed by atoms with Crippen LogP contribution < -0.4 is 4.74 Å². The number of carbonyl (C=O) groups is 3. The molecule has 7 nitrogen and oxygen atoms in total. The van der Waals surface area contributed by atoms with Crippen LogP contribution in [0.1, 0.15) is 39.2 Å². The summed E-state index contributed by atoms with van der Waals surface area (Å²) in [6, 6.07) is 6.66. The first-order chi connectivity index (χ1) is 13.8. The molecule has 0 saturated heterocycles. The second kappa shape index (κ2) is 11.7. The van der Waals surface area contributed by atoms with Crippen molar-refractivity contribution >= 4 is 17.7 Å². The van der Waals surface area contributed by atoms with Crippen molar-refractivity contribution in [1.82, 2.24) is 0 Å². The molecule has 0 aliphatic carbocycles. The molecule has 0 radical (unpaired) electrons. The topological polar surface area (TPSA) is 99.1 Å². The normalized spacial score (nSPS) is 13.5. The molecule has 1 N–H and O–H groups in total. The lowest BCUT2D eigenvalue weighted by Crippen LogP contribution is -2.34. The number of hydrogen-bond acceptors (Lipinski definition) is 7. The van der Waals surface area contributed by atoms with E-state index in [1.54, 1.807) is 44.2 Å². The predicted molar refractivity (Wildman–Crippen MR) is 108 cm³/mol. The number of ether oxygens (including phenoxy) is 3. The van der Waals surface area contributed by atoms with Crippen LogP contribution in [0.5, 0.6) is 5.75 Å². The quantitative estimate of drug-likeness (QED) is 0.198. The Morgan fingerprint density at radius 1 is 1.10 bits per heavy atom. The van der Waals surface area contributed by atoms with E-state index in [2.05, 4.69) is 6.58 Å². The fourth-order valence-electron chi connectivity index (χ4n) is 3.00. The van der Waals surface area contributed by atoms with Crippen molar-refractivity contribution in [2.24, 2.45) is 5.92 Å². The van der Waals surface area contributed by atoms with Gasteiger partial charge in [-0.05, 0) is 33.8 Å². The number of Topliss-reactive ketones (excluding diaryl/α,β-unsaturated/α-hetero) is 1. The fourth-order valence-corrected chi connectivity index (χ4v) is 3.00. The van der Waals surface area contributed by atoms with Gasteiger partial charge in [-0.25, -0.2) is 4.79 Å². The molecular formula is C22H28O7. The smallest absolute Gasteiger partial charge is 0.338 e. The third kappa shape index (κ3) is 6.20. The number of aliphatic hydroxyl groups excluding tert-OH is 1. The molecular weight excluding hydrogens is 376 g/mol. The van der Waals surface area contributed by atoms with Crippen LogP contribution in [0.25, 0.3) is 0 Å². The van der Waals surface area contributed by atoms with E-state index in [9.17, 15) is 19.5 Å². The average Bonchev–Trinajstić information content (AvgIpc) is 2.66. The summed E-state index contributed by atoms with van der Waals surface area (Å²) in [6.07, 6.45) is 1.54. The SMILES string of the molecule is C=CCOc1ccccc1C(/C(C(=O)OCC)=C(/C)O)C(C(C)=O)C(=O)OCC. The molecule has 7 heteroatoms. The van der Waals surface area contributed by atoms with Gasteiger partial charge >= 0.3 is 11.9 Å². The largest absolute Gasteiger partial charge is 0.512 e. The van der Waals surface area contributed by atoms with Gasteiger partial charge in [0.1, 0.15) is 29.8 Å². The van der Waals surface area contributed by atoms with E-state index in [4.69, 9.17) is 14.2 Å². The highest BCUT2D eigenvalue weighted by Crippen LogP contribution is 2.40. The molecule has 2 atom stereocenters. The molecule has 1 aromatic rings. The summed E-state index contributed by atoms with van der Waals surface area (Å²) in [5.74, 6) is -4.69. The number of carbonyl (C=O) groups excluding carboxylic acids is 3. The standard InChI is InChI=1S/C22H28O7/c1-6-13-29-17-12-10-9-11-16(17)20(18(14(4)23)21(25)27-7-2)19(15(5)24)22(26)28-8-3/h6,9-12,18,20,24H,1,7-8,13H2,2-5H3/b19-15+. The van der Waals surface area contributed by atoms with E-state index >= 15 is 0 Å². The van der Waals surface area contributed by atoms with Crippen LogP contribution in [0.3, 0.4) is 0 Å². The van der Waals surface area contributed by atoms with Crippen LogP contribution in [0, 0.1) is 5.92 Å². The maximum Gasteiger partial charge on any atom is 0.338 e. The van der Waals surface area contributed by atoms with Crippen LogP contribution in [-0.4, -0.2) is 42.6 Å². The fraction of sp³-hybridized carbons (Fsp3) is 0.409. The molecule has 2 unspecified atom stereocenters. The number of hydrogen-bond donors (Lipinski definition) is 1. The van der Waals surface area contributed by atoms with Crippen LogP contribution >= 0.6 is 0 Å². The highest BCUT2D eigenvalue weighted by molar-refractivity contribution is 6.02. The third-order valence-electron chi connectivity index (χ3n) is 4.12. The summed E-state index contributed by atoms with van der Waals surface area (Å²) in [7, 11) is 0. The van der Waals surface area contributed by atoms with E-state index in [0.29, 0.717) is 11.3 Å². The number of allylic oxidation sites excluding steroid dienone is 1. The molecule has 0 amide bonds. The van der Waals surface area contributed by atoms with Crippen LogP contribution in [0.15, 0.2) is 48.3 Å². The zero-order chi connectivity index (χ0) is 22.0. The molecule has 0 spiro atoms. The Morgan fingerprint density at radius 3 is 2.24 bits per heavy atom.